The molecule has 1 unspecified atom stereocenters. The molecule has 0 aromatic carbocycles. The minimum absolute atomic E-state index is 0.117. The second-order valence-electron chi connectivity index (χ2n) is 14.2. The molecule has 0 spiro atoms. The van der Waals surface area contributed by atoms with Crippen LogP contribution >= 0.6 is 0 Å². The average Bonchev–Trinajstić information content (AvgIpc) is 3.21. The molecular weight excluding hydrogens is 709 g/mol. The van der Waals surface area contributed by atoms with Crippen LogP contribution in [-0.4, -0.2) is 37.2 Å². The third kappa shape index (κ3) is 43.0. The average molecular weight is 789 g/mol. The van der Waals surface area contributed by atoms with E-state index in [4.69, 9.17) is 14.2 Å². The summed E-state index contributed by atoms with van der Waals surface area (Å²) in [5.74, 6) is -1.02. The Morgan fingerprint density at radius 3 is 1.02 bits per heavy atom. The van der Waals surface area contributed by atoms with Crippen LogP contribution in [0.25, 0.3) is 0 Å². The number of carbonyl (C=O) groups is 3. The third-order valence-electron chi connectivity index (χ3n) is 8.75. The maximum Gasteiger partial charge on any atom is 0.306 e. The minimum atomic E-state index is -0.815. The molecule has 0 N–H and O–H groups in total. The molecule has 0 heterocycles. The van der Waals surface area contributed by atoms with Crippen molar-refractivity contribution in [2.45, 2.75) is 181 Å². The summed E-state index contributed by atoms with van der Waals surface area (Å²) in [6, 6.07) is 0. The molecule has 0 bridgehead atoms. The smallest absolute Gasteiger partial charge is 0.306 e. The first kappa shape index (κ1) is 53.1. The van der Waals surface area contributed by atoms with Crippen LogP contribution in [0.2, 0.25) is 0 Å². The molecule has 0 aliphatic heterocycles. The van der Waals surface area contributed by atoms with Crippen LogP contribution < -0.4 is 0 Å². The normalized spacial score (nSPS) is 13.1. The first-order chi connectivity index (χ1) is 28.0. The van der Waals surface area contributed by atoms with Crippen molar-refractivity contribution in [2.75, 3.05) is 13.2 Å². The van der Waals surface area contributed by atoms with E-state index in [1.165, 1.54) is 0 Å². The van der Waals surface area contributed by atoms with Gasteiger partial charge < -0.3 is 14.2 Å². The number of ether oxygens (including phenoxy) is 3. The van der Waals surface area contributed by atoms with Gasteiger partial charge in [0, 0.05) is 19.3 Å². The zero-order valence-corrected chi connectivity index (χ0v) is 36.3. The molecule has 320 valence electrons. The summed E-state index contributed by atoms with van der Waals surface area (Å²) < 4.78 is 16.6. The van der Waals surface area contributed by atoms with E-state index in [1.807, 2.05) is 0 Å². The van der Waals surface area contributed by atoms with Crippen molar-refractivity contribution in [3.05, 3.63) is 109 Å². The lowest BCUT2D eigenvalue weighted by Gasteiger charge is -2.18. The highest BCUT2D eigenvalue weighted by molar-refractivity contribution is 5.71. The Bertz CT molecular complexity index is 1230. The fourth-order valence-electron chi connectivity index (χ4n) is 5.48. The molecule has 1 atom stereocenters. The molecule has 0 rings (SSSR count). The highest BCUT2D eigenvalue weighted by atomic mass is 16.6. The van der Waals surface area contributed by atoms with E-state index in [2.05, 4.69) is 130 Å². The van der Waals surface area contributed by atoms with Crippen LogP contribution in [0.5, 0.6) is 0 Å². The Labute approximate surface area is 349 Å². The summed E-state index contributed by atoms with van der Waals surface area (Å²) in [5, 5.41) is 0. The Balaban J connectivity index is 4.50. The maximum absolute atomic E-state index is 12.7. The van der Waals surface area contributed by atoms with Gasteiger partial charge in [-0.15, -0.1) is 0 Å². The number of carbonyl (C=O) groups excluding carboxylic acids is 3. The molecule has 0 radical (unpaired) electrons. The van der Waals surface area contributed by atoms with E-state index in [0.717, 1.165) is 135 Å². The zero-order chi connectivity index (χ0) is 41.5. The number of rotatable bonds is 38. The molecule has 0 fully saturated rings. The van der Waals surface area contributed by atoms with Crippen LogP contribution in [-0.2, 0) is 28.6 Å². The van der Waals surface area contributed by atoms with Crippen LogP contribution in [0.15, 0.2) is 109 Å². The quantitative estimate of drug-likeness (QED) is 0.0268. The van der Waals surface area contributed by atoms with Crippen LogP contribution in [0.4, 0.5) is 0 Å². The van der Waals surface area contributed by atoms with Gasteiger partial charge in [-0.05, 0) is 116 Å². The largest absolute Gasteiger partial charge is 0.462 e. The molecule has 0 saturated carbocycles. The molecule has 0 aromatic rings. The van der Waals surface area contributed by atoms with E-state index in [0.29, 0.717) is 12.8 Å². The van der Waals surface area contributed by atoms with Crippen LogP contribution in [0.1, 0.15) is 175 Å². The monoisotopic (exact) mass is 789 g/mol. The fraction of sp³-hybridized carbons (Fsp3) is 0.588. The molecule has 0 saturated heterocycles. The molecule has 0 aliphatic carbocycles. The number of hydrogen-bond acceptors (Lipinski definition) is 6. The maximum atomic E-state index is 12.7. The Kier molecular flexibility index (Phi) is 41.7. The van der Waals surface area contributed by atoms with Gasteiger partial charge in [0.1, 0.15) is 13.2 Å². The van der Waals surface area contributed by atoms with Gasteiger partial charge in [-0.25, -0.2) is 0 Å². The lowest BCUT2D eigenvalue weighted by molar-refractivity contribution is -0.167. The summed E-state index contributed by atoms with van der Waals surface area (Å²) in [6.45, 7) is 6.17. The molecule has 57 heavy (non-hydrogen) atoms. The first-order valence-corrected chi connectivity index (χ1v) is 22.4. The van der Waals surface area contributed by atoms with Gasteiger partial charge in [0.05, 0.1) is 0 Å². The SMILES string of the molecule is CC/C=C\C/C=C\C/C=C\C/C=C\CCCCCC(=O)OCC(COC(=O)CCCC/C=C\C/C=C\CC)OC(=O)CCCCCC/C=C\C/C=C\C/C=C\CC. The van der Waals surface area contributed by atoms with Gasteiger partial charge in [-0.1, -0.05) is 149 Å². The molecule has 0 aromatic heterocycles. The summed E-state index contributed by atoms with van der Waals surface area (Å²) in [5.41, 5.74) is 0. The second kappa shape index (κ2) is 44.8. The number of unbranched alkanes of at least 4 members (excludes halogenated alkanes) is 9. The molecule has 0 amide bonds. The van der Waals surface area contributed by atoms with Gasteiger partial charge in [-0.2, -0.15) is 0 Å². The molecule has 6 heteroatoms. The van der Waals surface area contributed by atoms with Crippen LogP contribution in [0, 0.1) is 0 Å². The van der Waals surface area contributed by atoms with E-state index >= 15 is 0 Å². The summed E-state index contributed by atoms with van der Waals surface area (Å²) in [7, 11) is 0. The van der Waals surface area contributed by atoms with E-state index in [9.17, 15) is 14.4 Å². The minimum Gasteiger partial charge on any atom is -0.462 e. The van der Waals surface area contributed by atoms with Crippen molar-refractivity contribution in [1.29, 1.82) is 0 Å². The molecule has 6 nitrogen and oxygen atoms in total. The van der Waals surface area contributed by atoms with E-state index < -0.39 is 6.10 Å². The lowest BCUT2D eigenvalue weighted by atomic mass is 10.1. The number of esters is 3. The third-order valence-corrected chi connectivity index (χ3v) is 8.75. The highest BCUT2D eigenvalue weighted by Gasteiger charge is 2.19. The molecule has 0 aliphatic rings. The second-order valence-corrected chi connectivity index (χ2v) is 14.2. The summed E-state index contributed by atoms with van der Waals surface area (Å²) in [6.07, 6.45) is 59.4. The lowest BCUT2D eigenvalue weighted by Crippen LogP contribution is -2.30. The summed E-state index contributed by atoms with van der Waals surface area (Å²) >= 11 is 0. The Hall–Kier alpha value is -3.93. The predicted octanol–water partition coefficient (Wildman–Crippen LogP) is 14.4. The number of hydrogen-bond donors (Lipinski definition) is 0. The van der Waals surface area contributed by atoms with E-state index in [-0.39, 0.29) is 37.5 Å². The van der Waals surface area contributed by atoms with Gasteiger partial charge in [0.15, 0.2) is 6.10 Å². The standard InChI is InChI=1S/C51H80O6/c1-4-7-10-13-16-19-21-23-25-26-28-29-32-35-38-41-44-50(53)56-47-48(46-55-49(52)43-40-37-34-31-18-15-12-9-6-3)57-51(54)45-42-39-36-33-30-27-24-22-20-17-14-11-8-5-2/h7-12,16-20,23-25,27-29,31,48H,4-6,13-15,21-22,26,30,32-47H2,1-3H3/b10-7-,11-8-,12-9-,19-16-,20-17-,25-23-,27-24-,29-28-,31-18-. The predicted molar refractivity (Wildman–Crippen MR) is 242 cm³/mol. The van der Waals surface area contributed by atoms with Crippen molar-refractivity contribution < 1.29 is 28.6 Å². The van der Waals surface area contributed by atoms with Crippen molar-refractivity contribution >= 4 is 17.9 Å². The fourth-order valence-corrected chi connectivity index (χ4v) is 5.48. The first-order valence-electron chi connectivity index (χ1n) is 22.4. The molecular formula is C51H80O6. The van der Waals surface area contributed by atoms with Gasteiger partial charge >= 0.3 is 17.9 Å². The van der Waals surface area contributed by atoms with Crippen molar-refractivity contribution in [3.63, 3.8) is 0 Å². The van der Waals surface area contributed by atoms with Crippen molar-refractivity contribution in [1.82, 2.24) is 0 Å². The Morgan fingerprint density at radius 2 is 0.632 bits per heavy atom. The Morgan fingerprint density at radius 1 is 0.351 bits per heavy atom. The van der Waals surface area contributed by atoms with Crippen molar-refractivity contribution in [3.8, 4) is 0 Å². The summed E-state index contributed by atoms with van der Waals surface area (Å²) in [4.78, 5) is 37.7. The number of allylic oxidation sites excluding steroid dienone is 18. The zero-order valence-electron chi connectivity index (χ0n) is 36.3. The van der Waals surface area contributed by atoms with Crippen molar-refractivity contribution in [2.24, 2.45) is 0 Å². The van der Waals surface area contributed by atoms with Crippen LogP contribution in [0.3, 0.4) is 0 Å². The van der Waals surface area contributed by atoms with Gasteiger partial charge in [0.25, 0.3) is 0 Å². The van der Waals surface area contributed by atoms with Gasteiger partial charge in [-0.3, -0.25) is 14.4 Å². The topological polar surface area (TPSA) is 78.9 Å². The highest BCUT2D eigenvalue weighted by Crippen LogP contribution is 2.11. The van der Waals surface area contributed by atoms with E-state index in [1.54, 1.807) is 0 Å². The van der Waals surface area contributed by atoms with Gasteiger partial charge in [0.2, 0.25) is 0 Å².